The molecule has 0 aliphatic carbocycles. The largest absolute Gasteiger partial charge is 0.399 e. The first kappa shape index (κ1) is 13.1. The van der Waals surface area contributed by atoms with Gasteiger partial charge in [-0.25, -0.2) is 9.97 Å². The number of nitrogens with two attached hydrogens (primary N) is 2. The third-order valence-electron chi connectivity index (χ3n) is 3.15. The van der Waals surface area contributed by atoms with Crippen molar-refractivity contribution < 1.29 is 0 Å². The lowest BCUT2D eigenvalue weighted by atomic mass is 10.1. The van der Waals surface area contributed by atoms with Crippen molar-refractivity contribution in [2.45, 2.75) is 6.92 Å². The molecule has 0 fully saturated rings. The lowest BCUT2D eigenvalue weighted by molar-refractivity contribution is 1.11. The summed E-state index contributed by atoms with van der Waals surface area (Å²) in [6.45, 7) is 1.93. The van der Waals surface area contributed by atoms with E-state index in [4.69, 9.17) is 11.5 Å². The van der Waals surface area contributed by atoms with Gasteiger partial charge in [0.05, 0.1) is 5.69 Å². The Kier molecular flexibility index (Phi) is 3.23. The molecule has 0 spiro atoms. The van der Waals surface area contributed by atoms with Crippen LogP contribution in [0.1, 0.15) is 5.69 Å². The first-order valence-electron chi connectivity index (χ1n) is 6.55. The SMILES string of the molecule is Cc1cc(-c2ccncc2)nc(-c2cc(N)ccc2N)n1. The van der Waals surface area contributed by atoms with Gasteiger partial charge in [-0.05, 0) is 43.3 Å². The van der Waals surface area contributed by atoms with E-state index < -0.39 is 0 Å². The Morgan fingerprint density at radius 1 is 0.905 bits per heavy atom. The number of pyridine rings is 1. The lowest BCUT2D eigenvalue weighted by Crippen LogP contribution is -1.99. The fourth-order valence-electron chi connectivity index (χ4n) is 2.13. The third-order valence-corrected chi connectivity index (χ3v) is 3.15. The van der Waals surface area contributed by atoms with E-state index in [0.29, 0.717) is 17.2 Å². The number of nitrogen functional groups attached to an aromatic ring is 2. The summed E-state index contributed by atoms with van der Waals surface area (Å²) in [6.07, 6.45) is 3.47. The van der Waals surface area contributed by atoms with Gasteiger partial charge in [0.2, 0.25) is 0 Å². The minimum Gasteiger partial charge on any atom is -0.399 e. The Labute approximate surface area is 122 Å². The summed E-state index contributed by atoms with van der Waals surface area (Å²) in [7, 11) is 0. The maximum atomic E-state index is 6.01. The van der Waals surface area contributed by atoms with Crippen LogP contribution in [0.3, 0.4) is 0 Å². The molecule has 0 aliphatic rings. The molecular formula is C16H15N5. The minimum atomic E-state index is 0.576. The summed E-state index contributed by atoms with van der Waals surface area (Å²) < 4.78 is 0. The molecule has 1 aromatic carbocycles. The summed E-state index contributed by atoms with van der Waals surface area (Å²) >= 11 is 0. The second kappa shape index (κ2) is 5.20. The highest BCUT2D eigenvalue weighted by Crippen LogP contribution is 2.27. The van der Waals surface area contributed by atoms with Gasteiger partial charge in [-0.2, -0.15) is 0 Å². The summed E-state index contributed by atoms with van der Waals surface area (Å²) in [6, 6.07) is 11.1. The van der Waals surface area contributed by atoms with Crippen LogP contribution in [0, 0.1) is 6.92 Å². The van der Waals surface area contributed by atoms with Crippen LogP contribution in [0.15, 0.2) is 48.8 Å². The third kappa shape index (κ3) is 2.67. The first-order chi connectivity index (χ1) is 10.1. The van der Waals surface area contributed by atoms with Crippen molar-refractivity contribution in [3.05, 3.63) is 54.5 Å². The molecule has 0 atom stereocenters. The van der Waals surface area contributed by atoms with E-state index in [0.717, 1.165) is 22.5 Å². The highest BCUT2D eigenvalue weighted by atomic mass is 14.9. The summed E-state index contributed by atoms with van der Waals surface area (Å²) in [5.41, 5.74) is 16.5. The van der Waals surface area contributed by atoms with Crippen molar-refractivity contribution in [3.8, 4) is 22.6 Å². The van der Waals surface area contributed by atoms with Gasteiger partial charge < -0.3 is 11.5 Å². The lowest BCUT2D eigenvalue weighted by Gasteiger charge is -2.09. The van der Waals surface area contributed by atoms with Gasteiger partial charge in [-0.1, -0.05) is 0 Å². The normalized spacial score (nSPS) is 10.5. The standard InChI is InChI=1S/C16H15N5/c1-10-8-15(11-4-6-19-7-5-11)21-16(20-10)13-9-12(17)2-3-14(13)18/h2-9H,17-18H2,1H3. The van der Waals surface area contributed by atoms with E-state index in [1.165, 1.54) is 0 Å². The van der Waals surface area contributed by atoms with Gasteiger partial charge in [-0.15, -0.1) is 0 Å². The van der Waals surface area contributed by atoms with Crippen LogP contribution in [0.25, 0.3) is 22.6 Å². The van der Waals surface area contributed by atoms with Crippen molar-refractivity contribution >= 4 is 11.4 Å². The molecule has 0 amide bonds. The molecule has 5 heteroatoms. The fraction of sp³-hybridized carbons (Fsp3) is 0.0625. The van der Waals surface area contributed by atoms with Crippen molar-refractivity contribution in [2.24, 2.45) is 0 Å². The van der Waals surface area contributed by atoms with Crippen molar-refractivity contribution in [1.29, 1.82) is 0 Å². The van der Waals surface area contributed by atoms with E-state index in [2.05, 4.69) is 15.0 Å². The number of aryl methyl sites for hydroxylation is 1. The number of hydrogen-bond acceptors (Lipinski definition) is 5. The average molecular weight is 277 g/mol. The maximum Gasteiger partial charge on any atom is 0.162 e. The molecule has 0 saturated carbocycles. The Hall–Kier alpha value is -2.95. The van der Waals surface area contributed by atoms with E-state index in [1.807, 2.05) is 25.1 Å². The molecule has 21 heavy (non-hydrogen) atoms. The summed E-state index contributed by atoms with van der Waals surface area (Å²) in [5.74, 6) is 0.576. The van der Waals surface area contributed by atoms with Crippen LogP contribution in [-0.2, 0) is 0 Å². The van der Waals surface area contributed by atoms with Crippen molar-refractivity contribution in [2.75, 3.05) is 11.5 Å². The van der Waals surface area contributed by atoms with Gasteiger partial charge in [0, 0.05) is 40.6 Å². The van der Waals surface area contributed by atoms with Gasteiger partial charge in [0.25, 0.3) is 0 Å². The predicted molar refractivity (Wildman–Crippen MR) is 84.3 cm³/mol. The van der Waals surface area contributed by atoms with E-state index >= 15 is 0 Å². The quantitative estimate of drug-likeness (QED) is 0.703. The molecule has 2 heterocycles. The fourth-order valence-corrected chi connectivity index (χ4v) is 2.13. The van der Waals surface area contributed by atoms with Crippen molar-refractivity contribution in [1.82, 2.24) is 15.0 Å². The zero-order valence-electron chi connectivity index (χ0n) is 11.6. The van der Waals surface area contributed by atoms with Crippen LogP contribution < -0.4 is 11.5 Å². The summed E-state index contributed by atoms with van der Waals surface area (Å²) in [4.78, 5) is 13.1. The molecule has 5 nitrogen and oxygen atoms in total. The van der Waals surface area contributed by atoms with Gasteiger partial charge in [0.1, 0.15) is 0 Å². The molecule has 4 N–H and O–H groups in total. The Bertz CT molecular complexity index is 784. The molecule has 0 bridgehead atoms. The maximum absolute atomic E-state index is 6.01. The van der Waals surface area contributed by atoms with Crippen LogP contribution in [0.2, 0.25) is 0 Å². The second-order valence-electron chi connectivity index (χ2n) is 4.80. The Morgan fingerprint density at radius 3 is 2.43 bits per heavy atom. The predicted octanol–water partition coefficient (Wildman–Crippen LogP) is 2.68. The molecule has 0 radical (unpaired) electrons. The van der Waals surface area contributed by atoms with E-state index in [-0.39, 0.29) is 0 Å². The number of rotatable bonds is 2. The van der Waals surface area contributed by atoms with Crippen molar-refractivity contribution in [3.63, 3.8) is 0 Å². The highest BCUT2D eigenvalue weighted by Gasteiger charge is 2.10. The molecule has 0 aliphatic heterocycles. The van der Waals surface area contributed by atoms with E-state index in [1.54, 1.807) is 30.6 Å². The Balaban J connectivity index is 2.16. The van der Waals surface area contributed by atoms with Gasteiger partial charge in [0.15, 0.2) is 5.82 Å². The van der Waals surface area contributed by atoms with Gasteiger partial charge in [-0.3, -0.25) is 4.98 Å². The van der Waals surface area contributed by atoms with Crippen LogP contribution in [0.5, 0.6) is 0 Å². The minimum absolute atomic E-state index is 0.576. The van der Waals surface area contributed by atoms with Gasteiger partial charge >= 0.3 is 0 Å². The molecule has 3 aromatic rings. The van der Waals surface area contributed by atoms with Crippen LogP contribution >= 0.6 is 0 Å². The number of anilines is 2. The molecule has 0 saturated heterocycles. The second-order valence-corrected chi connectivity index (χ2v) is 4.80. The zero-order valence-corrected chi connectivity index (χ0v) is 11.6. The topological polar surface area (TPSA) is 90.7 Å². The smallest absolute Gasteiger partial charge is 0.162 e. The highest BCUT2D eigenvalue weighted by molar-refractivity contribution is 5.76. The molecule has 3 rings (SSSR count). The number of nitrogens with zero attached hydrogens (tertiary/aromatic N) is 3. The van der Waals surface area contributed by atoms with E-state index in [9.17, 15) is 0 Å². The van der Waals surface area contributed by atoms with Crippen LogP contribution in [0.4, 0.5) is 11.4 Å². The zero-order chi connectivity index (χ0) is 14.8. The number of benzene rings is 1. The number of hydrogen-bond donors (Lipinski definition) is 2. The average Bonchev–Trinajstić information content (AvgIpc) is 2.50. The molecule has 2 aromatic heterocycles. The molecular weight excluding hydrogens is 262 g/mol. The van der Waals surface area contributed by atoms with Crippen LogP contribution in [-0.4, -0.2) is 15.0 Å². The number of aromatic nitrogens is 3. The molecule has 104 valence electrons. The summed E-state index contributed by atoms with van der Waals surface area (Å²) in [5, 5.41) is 0. The Morgan fingerprint density at radius 2 is 1.67 bits per heavy atom. The molecule has 0 unspecified atom stereocenters. The first-order valence-corrected chi connectivity index (χ1v) is 6.55. The monoisotopic (exact) mass is 277 g/mol.